The fourth-order valence-corrected chi connectivity index (χ4v) is 3.81. The fraction of sp³-hybridized carbons (Fsp3) is 0.562. The number of nitrogens with two attached hydrogens (primary N) is 1. The molecule has 114 valence electrons. The molecule has 0 aliphatic carbocycles. The number of benzene rings is 1. The lowest BCUT2D eigenvalue weighted by Crippen LogP contribution is -2.51. The van der Waals surface area contributed by atoms with Crippen molar-refractivity contribution in [3.63, 3.8) is 0 Å². The molecule has 1 unspecified atom stereocenters. The van der Waals surface area contributed by atoms with Crippen molar-refractivity contribution in [3.8, 4) is 0 Å². The maximum absolute atomic E-state index is 13.9. The smallest absolute Gasteiger partial charge is 0.253 e. The number of hydrogen-bond donors (Lipinski definition) is 2. The zero-order valence-electron chi connectivity index (χ0n) is 12.2. The molecular formula is C16H22FN3O. The first kappa shape index (κ1) is 14.3. The van der Waals surface area contributed by atoms with E-state index >= 15 is 0 Å². The van der Waals surface area contributed by atoms with E-state index in [0.717, 1.165) is 32.6 Å². The molecule has 0 aromatic heterocycles. The average molecular weight is 291 g/mol. The van der Waals surface area contributed by atoms with E-state index < -0.39 is 11.7 Å². The Labute approximate surface area is 124 Å². The minimum atomic E-state index is -0.690. The summed E-state index contributed by atoms with van der Waals surface area (Å²) >= 11 is 0. The minimum Gasteiger partial charge on any atom is -0.370 e. The molecule has 0 bridgehead atoms. The fourth-order valence-electron chi connectivity index (χ4n) is 3.81. The predicted octanol–water partition coefficient (Wildman–Crippen LogP) is 1.89. The van der Waals surface area contributed by atoms with Gasteiger partial charge in [0.1, 0.15) is 5.82 Å². The summed E-state index contributed by atoms with van der Waals surface area (Å²) in [5.74, 6) is -1.22. The van der Waals surface area contributed by atoms with Crippen molar-refractivity contribution in [1.82, 2.24) is 5.32 Å². The highest BCUT2D eigenvalue weighted by Gasteiger charge is 2.37. The van der Waals surface area contributed by atoms with Crippen LogP contribution in [0, 0.1) is 11.2 Å². The number of amides is 1. The van der Waals surface area contributed by atoms with E-state index in [1.54, 1.807) is 12.1 Å². The van der Waals surface area contributed by atoms with Gasteiger partial charge in [-0.25, -0.2) is 4.39 Å². The van der Waals surface area contributed by atoms with Crippen molar-refractivity contribution >= 4 is 11.6 Å². The summed E-state index contributed by atoms with van der Waals surface area (Å²) in [7, 11) is 0. The molecule has 0 saturated carbocycles. The Morgan fingerprint density at radius 1 is 1.33 bits per heavy atom. The van der Waals surface area contributed by atoms with Gasteiger partial charge in [-0.2, -0.15) is 0 Å². The third-order valence-electron chi connectivity index (χ3n) is 4.80. The van der Waals surface area contributed by atoms with Gasteiger partial charge < -0.3 is 16.0 Å². The van der Waals surface area contributed by atoms with E-state index in [0.29, 0.717) is 5.69 Å². The molecule has 3 rings (SSSR count). The van der Waals surface area contributed by atoms with Crippen molar-refractivity contribution in [1.29, 1.82) is 0 Å². The molecule has 2 saturated heterocycles. The summed E-state index contributed by atoms with van der Waals surface area (Å²) in [5, 5.41) is 3.47. The van der Waals surface area contributed by atoms with Crippen LogP contribution >= 0.6 is 0 Å². The second-order valence-electron chi connectivity index (χ2n) is 6.30. The summed E-state index contributed by atoms with van der Waals surface area (Å²) in [6.07, 6.45) is 4.63. The highest BCUT2D eigenvalue weighted by molar-refractivity contribution is 5.99. The number of carbonyl (C=O) groups is 1. The van der Waals surface area contributed by atoms with Gasteiger partial charge in [0.25, 0.3) is 5.91 Å². The topological polar surface area (TPSA) is 58.4 Å². The molecule has 1 atom stereocenters. The van der Waals surface area contributed by atoms with Crippen LogP contribution in [0.1, 0.15) is 36.0 Å². The summed E-state index contributed by atoms with van der Waals surface area (Å²) in [5.41, 5.74) is 6.29. The molecule has 0 radical (unpaired) electrons. The highest BCUT2D eigenvalue weighted by atomic mass is 19.1. The normalized spacial score (nSPS) is 26.0. The zero-order valence-corrected chi connectivity index (χ0v) is 12.2. The number of carbonyl (C=O) groups excluding carboxylic acids is 1. The van der Waals surface area contributed by atoms with E-state index in [1.165, 1.54) is 25.3 Å². The first-order valence-electron chi connectivity index (χ1n) is 7.65. The van der Waals surface area contributed by atoms with Crippen LogP contribution in [0.4, 0.5) is 10.1 Å². The van der Waals surface area contributed by atoms with Gasteiger partial charge in [-0.15, -0.1) is 0 Å². The van der Waals surface area contributed by atoms with Crippen molar-refractivity contribution in [2.45, 2.75) is 25.7 Å². The van der Waals surface area contributed by atoms with E-state index in [1.807, 2.05) is 0 Å². The van der Waals surface area contributed by atoms with Crippen LogP contribution in [-0.2, 0) is 0 Å². The van der Waals surface area contributed by atoms with Crippen LogP contribution in [0.25, 0.3) is 0 Å². The Hall–Kier alpha value is -1.62. The Bertz CT molecular complexity index is 535. The molecule has 5 heteroatoms. The van der Waals surface area contributed by atoms with Crippen molar-refractivity contribution in [3.05, 3.63) is 29.6 Å². The second-order valence-corrected chi connectivity index (χ2v) is 6.30. The van der Waals surface area contributed by atoms with Gasteiger partial charge in [-0.1, -0.05) is 6.07 Å². The number of primary amides is 1. The molecule has 4 nitrogen and oxygen atoms in total. The van der Waals surface area contributed by atoms with Crippen molar-refractivity contribution < 1.29 is 9.18 Å². The molecule has 2 fully saturated rings. The largest absolute Gasteiger partial charge is 0.370 e. The van der Waals surface area contributed by atoms with Gasteiger partial charge in [0.15, 0.2) is 0 Å². The first-order valence-corrected chi connectivity index (χ1v) is 7.65. The maximum Gasteiger partial charge on any atom is 0.253 e. The second kappa shape index (κ2) is 5.64. The average Bonchev–Trinajstić information content (AvgIpc) is 2.47. The highest BCUT2D eigenvalue weighted by Crippen LogP contribution is 2.38. The molecule has 21 heavy (non-hydrogen) atoms. The van der Waals surface area contributed by atoms with Crippen LogP contribution in [0.5, 0.6) is 0 Å². The molecule has 2 aliphatic rings. The Morgan fingerprint density at radius 2 is 2.14 bits per heavy atom. The number of halogens is 1. The molecule has 1 amide bonds. The number of nitrogens with zero attached hydrogens (tertiary/aromatic N) is 1. The predicted molar refractivity (Wildman–Crippen MR) is 80.9 cm³/mol. The lowest BCUT2D eigenvalue weighted by Gasteiger charge is -2.46. The summed E-state index contributed by atoms with van der Waals surface area (Å²) in [6, 6.07) is 4.75. The monoisotopic (exact) mass is 291 g/mol. The van der Waals surface area contributed by atoms with Gasteiger partial charge in [0, 0.05) is 25.0 Å². The lowest BCUT2D eigenvalue weighted by atomic mass is 9.74. The standard InChI is InChI=1S/C16H22FN3O/c17-12-4-1-5-13(14(12)15(18)21)20-9-3-7-16(11-20)6-2-8-19-10-16/h1,4-5,19H,2-3,6-11H2,(H2,18,21). The molecule has 2 heterocycles. The van der Waals surface area contributed by atoms with E-state index in [-0.39, 0.29) is 11.0 Å². The molecule has 1 aromatic carbocycles. The van der Waals surface area contributed by atoms with Crippen LogP contribution in [-0.4, -0.2) is 32.1 Å². The number of piperidine rings is 2. The molecule has 1 aromatic rings. The molecule has 2 aliphatic heterocycles. The zero-order chi connectivity index (χ0) is 14.9. The summed E-state index contributed by atoms with van der Waals surface area (Å²) in [6.45, 7) is 3.80. The third-order valence-corrected chi connectivity index (χ3v) is 4.80. The number of rotatable bonds is 2. The minimum absolute atomic E-state index is 0.0262. The number of nitrogens with one attached hydrogen (secondary N) is 1. The Balaban J connectivity index is 1.90. The first-order chi connectivity index (χ1) is 10.1. The Morgan fingerprint density at radius 3 is 2.86 bits per heavy atom. The van der Waals surface area contributed by atoms with Gasteiger partial charge in [0.05, 0.1) is 11.3 Å². The van der Waals surface area contributed by atoms with E-state index in [4.69, 9.17) is 5.73 Å². The van der Waals surface area contributed by atoms with Gasteiger partial charge in [0.2, 0.25) is 0 Å². The van der Waals surface area contributed by atoms with E-state index in [2.05, 4.69) is 10.2 Å². The SMILES string of the molecule is NC(=O)c1c(F)cccc1N1CCCC2(CCCNC2)C1. The molecule has 3 N–H and O–H groups in total. The van der Waals surface area contributed by atoms with Gasteiger partial charge in [-0.3, -0.25) is 4.79 Å². The Kier molecular flexibility index (Phi) is 3.85. The van der Waals surface area contributed by atoms with Crippen LogP contribution in [0.2, 0.25) is 0 Å². The third kappa shape index (κ3) is 2.75. The van der Waals surface area contributed by atoms with Crippen molar-refractivity contribution in [2.24, 2.45) is 11.1 Å². The van der Waals surface area contributed by atoms with Crippen LogP contribution in [0.3, 0.4) is 0 Å². The van der Waals surface area contributed by atoms with Crippen LogP contribution < -0.4 is 16.0 Å². The quantitative estimate of drug-likeness (QED) is 0.875. The number of anilines is 1. The van der Waals surface area contributed by atoms with Crippen LogP contribution in [0.15, 0.2) is 18.2 Å². The number of hydrogen-bond acceptors (Lipinski definition) is 3. The van der Waals surface area contributed by atoms with Gasteiger partial charge >= 0.3 is 0 Å². The van der Waals surface area contributed by atoms with E-state index in [9.17, 15) is 9.18 Å². The molecular weight excluding hydrogens is 269 g/mol. The lowest BCUT2D eigenvalue weighted by molar-refractivity contribution is 0.0996. The summed E-state index contributed by atoms with van der Waals surface area (Å²) < 4.78 is 13.9. The van der Waals surface area contributed by atoms with Crippen molar-refractivity contribution in [2.75, 3.05) is 31.1 Å². The molecule has 1 spiro atoms. The van der Waals surface area contributed by atoms with Gasteiger partial charge in [-0.05, 0) is 44.4 Å². The summed E-state index contributed by atoms with van der Waals surface area (Å²) in [4.78, 5) is 13.7. The maximum atomic E-state index is 13.9.